The largest absolute Gasteiger partial charge is 0.423 e. The molecule has 1 aromatic heterocycles. The van der Waals surface area contributed by atoms with Crippen molar-refractivity contribution in [2.75, 3.05) is 30.3 Å². The average Bonchev–Trinajstić information content (AvgIpc) is 2.80. The van der Waals surface area contributed by atoms with Crippen molar-refractivity contribution >= 4 is 22.8 Å². The van der Waals surface area contributed by atoms with E-state index in [-0.39, 0.29) is 18.8 Å². The maximum Gasteiger partial charge on any atom is 0.298 e. The number of hydrogen-bond donors (Lipinski definition) is 2. The molecule has 2 atom stereocenters. The number of fused-ring (bicyclic) bond motifs is 1. The van der Waals surface area contributed by atoms with Gasteiger partial charge in [0.25, 0.3) is 6.01 Å². The van der Waals surface area contributed by atoms with Crippen molar-refractivity contribution in [3.05, 3.63) is 18.2 Å². The summed E-state index contributed by atoms with van der Waals surface area (Å²) in [5, 5.41) is 9.23. The third-order valence-electron chi connectivity index (χ3n) is 3.20. The van der Waals surface area contributed by atoms with E-state index in [4.69, 9.17) is 14.9 Å². The van der Waals surface area contributed by atoms with Crippen LogP contribution in [0.5, 0.6) is 0 Å². The summed E-state index contributed by atoms with van der Waals surface area (Å²) in [5.41, 5.74) is 7.83. The lowest BCUT2D eigenvalue weighted by atomic mass is 10.2. The number of rotatable bonds is 2. The Bertz CT molecular complexity index is 584. The van der Waals surface area contributed by atoms with Crippen molar-refractivity contribution in [3.63, 3.8) is 0 Å². The van der Waals surface area contributed by atoms with Gasteiger partial charge in [-0.2, -0.15) is 4.98 Å². The van der Waals surface area contributed by atoms with Crippen LogP contribution >= 0.6 is 0 Å². The molecule has 0 radical (unpaired) electrons. The van der Waals surface area contributed by atoms with Gasteiger partial charge in [0.05, 0.1) is 25.4 Å². The van der Waals surface area contributed by atoms with Gasteiger partial charge in [0.1, 0.15) is 5.52 Å². The molecule has 0 aliphatic carbocycles. The fraction of sp³-hybridized carbons (Fsp3) is 0.462. The van der Waals surface area contributed by atoms with Crippen LogP contribution in [-0.2, 0) is 4.74 Å². The second kappa shape index (κ2) is 4.71. The molecule has 102 valence electrons. The Morgan fingerprint density at radius 3 is 3.11 bits per heavy atom. The maximum absolute atomic E-state index is 9.23. The smallest absolute Gasteiger partial charge is 0.298 e. The first kappa shape index (κ1) is 12.3. The molecule has 6 nitrogen and oxygen atoms in total. The van der Waals surface area contributed by atoms with Gasteiger partial charge in [0, 0.05) is 18.3 Å². The Labute approximate surface area is 110 Å². The normalized spacial score (nSPS) is 24.0. The lowest BCUT2D eigenvalue weighted by molar-refractivity contribution is -0.0432. The first-order valence-electron chi connectivity index (χ1n) is 6.33. The zero-order valence-corrected chi connectivity index (χ0v) is 10.7. The van der Waals surface area contributed by atoms with Gasteiger partial charge in [-0.3, -0.25) is 0 Å². The number of oxazole rings is 1. The zero-order chi connectivity index (χ0) is 13.4. The summed E-state index contributed by atoms with van der Waals surface area (Å²) in [6, 6.07) is 5.95. The Balaban J connectivity index is 1.90. The summed E-state index contributed by atoms with van der Waals surface area (Å²) < 4.78 is 11.3. The molecule has 1 aliphatic rings. The molecule has 19 heavy (non-hydrogen) atoms. The van der Waals surface area contributed by atoms with Gasteiger partial charge < -0.3 is 24.9 Å². The van der Waals surface area contributed by atoms with E-state index < -0.39 is 0 Å². The fourth-order valence-corrected chi connectivity index (χ4v) is 2.37. The van der Waals surface area contributed by atoms with Crippen molar-refractivity contribution in [1.29, 1.82) is 0 Å². The molecule has 1 aliphatic heterocycles. The topological polar surface area (TPSA) is 84.8 Å². The number of anilines is 2. The van der Waals surface area contributed by atoms with Crippen LogP contribution in [0, 0.1) is 0 Å². The van der Waals surface area contributed by atoms with Crippen molar-refractivity contribution in [2.24, 2.45) is 0 Å². The molecule has 0 spiro atoms. The van der Waals surface area contributed by atoms with E-state index in [1.165, 1.54) is 0 Å². The number of nitrogen functional groups attached to an aromatic ring is 1. The summed E-state index contributed by atoms with van der Waals surface area (Å²) in [7, 11) is 0. The lowest BCUT2D eigenvalue weighted by Crippen LogP contribution is -2.48. The molecule has 3 N–H and O–H groups in total. The molecule has 1 saturated heterocycles. The molecule has 2 heterocycles. The van der Waals surface area contributed by atoms with Gasteiger partial charge in [-0.1, -0.05) is 0 Å². The molecule has 0 amide bonds. The first-order valence-corrected chi connectivity index (χ1v) is 6.33. The number of ether oxygens (including phenoxy) is 1. The molecule has 1 fully saturated rings. The number of benzene rings is 1. The van der Waals surface area contributed by atoms with Crippen molar-refractivity contribution in [1.82, 2.24) is 4.98 Å². The highest BCUT2D eigenvalue weighted by Crippen LogP contribution is 2.25. The number of aromatic nitrogens is 1. The number of aliphatic hydroxyl groups excluding tert-OH is 1. The molecule has 2 unspecified atom stereocenters. The molecule has 1 aromatic carbocycles. The molecule has 0 saturated carbocycles. The third-order valence-corrected chi connectivity index (χ3v) is 3.20. The number of nitrogens with two attached hydrogens (primary N) is 1. The van der Waals surface area contributed by atoms with E-state index in [9.17, 15) is 5.11 Å². The number of nitrogens with zero attached hydrogens (tertiary/aromatic N) is 2. The van der Waals surface area contributed by atoms with E-state index in [0.29, 0.717) is 30.4 Å². The predicted octanol–water partition coefficient (Wildman–Crippen LogP) is 0.996. The van der Waals surface area contributed by atoms with E-state index in [1.54, 1.807) is 12.1 Å². The van der Waals surface area contributed by atoms with Crippen LogP contribution in [0.25, 0.3) is 11.1 Å². The van der Waals surface area contributed by atoms with Crippen LogP contribution in [0.15, 0.2) is 22.6 Å². The van der Waals surface area contributed by atoms with Crippen LogP contribution in [0.2, 0.25) is 0 Å². The minimum atomic E-state index is -0.205. The van der Waals surface area contributed by atoms with E-state index in [2.05, 4.69) is 4.98 Å². The van der Waals surface area contributed by atoms with E-state index in [0.717, 1.165) is 5.52 Å². The molecular weight excluding hydrogens is 246 g/mol. The minimum absolute atomic E-state index is 0.00594. The monoisotopic (exact) mass is 263 g/mol. The van der Waals surface area contributed by atoms with Gasteiger partial charge in [-0.25, -0.2) is 0 Å². The Morgan fingerprint density at radius 1 is 1.47 bits per heavy atom. The van der Waals surface area contributed by atoms with Crippen molar-refractivity contribution in [2.45, 2.75) is 19.1 Å². The Morgan fingerprint density at radius 2 is 2.32 bits per heavy atom. The van der Waals surface area contributed by atoms with Gasteiger partial charge in [0.15, 0.2) is 5.58 Å². The van der Waals surface area contributed by atoms with Gasteiger partial charge in [-0.15, -0.1) is 0 Å². The predicted molar refractivity (Wildman–Crippen MR) is 72.1 cm³/mol. The van der Waals surface area contributed by atoms with Crippen LogP contribution in [0.3, 0.4) is 0 Å². The van der Waals surface area contributed by atoms with E-state index >= 15 is 0 Å². The highest BCUT2D eigenvalue weighted by Gasteiger charge is 2.27. The summed E-state index contributed by atoms with van der Waals surface area (Å²) in [5.74, 6) is 0. The summed E-state index contributed by atoms with van der Waals surface area (Å²) in [6.07, 6.45) is -0.171. The maximum atomic E-state index is 9.23. The highest BCUT2D eigenvalue weighted by atomic mass is 16.5. The molecule has 3 rings (SSSR count). The summed E-state index contributed by atoms with van der Waals surface area (Å²) in [6.45, 7) is 3.23. The number of aliphatic hydroxyl groups is 1. The zero-order valence-electron chi connectivity index (χ0n) is 10.7. The molecule has 2 aromatic rings. The fourth-order valence-electron chi connectivity index (χ4n) is 2.37. The summed E-state index contributed by atoms with van der Waals surface area (Å²) in [4.78, 5) is 6.44. The van der Waals surface area contributed by atoms with Crippen molar-refractivity contribution in [3.8, 4) is 0 Å². The van der Waals surface area contributed by atoms with Crippen LogP contribution in [0.1, 0.15) is 6.92 Å². The average molecular weight is 263 g/mol. The van der Waals surface area contributed by atoms with Gasteiger partial charge in [0.2, 0.25) is 0 Å². The van der Waals surface area contributed by atoms with Gasteiger partial charge >= 0.3 is 0 Å². The molecular formula is C13H17N3O3. The Hall–Kier alpha value is -1.79. The van der Waals surface area contributed by atoms with Crippen molar-refractivity contribution < 1.29 is 14.3 Å². The van der Waals surface area contributed by atoms with Crippen LogP contribution < -0.4 is 10.6 Å². The molecule has 6 heteroatoms. The Kier molecular flexibility index (Phi) is 3.04. The van der Waals surface area contributed by atoms with E-state index in [1.807, 2.05) is 17.9 Å². The SMILES string of the molecule is CC1CN(c2nc3ccc(N)cc3o2)CC(CO)O1. The quantitative estimate of drug-likeness (QED) is 0.786. The van der Waals surface area contributed by atoms with Crippen LogP contribution in [-0.4, -0.2) is 42.0 Å². The second-order valence-electron chi connectivity index (χ2n) is 4.88. The molecule has 0 bridgehead atoms. The second-order valence-corrected chi connectivity index (χ2v) is 4.88. The standard InChI is InChI=1S/C13H17N3O3/c1-8-5-16(6-10(7-17)18-8)13-15-11-3-2-9(14)4-12(11)19-13/h2-4,8,10,17H,5-7,14H2,1H3. The lowest BCUT2D eigenvalue weighted by Gasteiger charge is -2.34. The van der Waals surface area contributed by atoms with Gasteiger partial charge in [-0.05, 0) is 19.1 Å². The minimum Gasteiger partial charge on any atom is -0.423 e. The first-order chi connectivity index (χ1) is 9.15. The number of hydrogen-bond acceptors (Lipinski definition) is 6. The highest BCUT2D eigenvalue weighted by molar-refractivity contribution is 5.78. The number of morpholine rings is 1. The van der Waals surface area contributed by atoms with Crippen LogP contribution in [0.4, 0.5) is 11.7 Å². The summed E-state index contributed by atoms with van der Waals surface area (Å²) >= 11 is 0. The third kappa shape index (κ3) is 2.36.